The van der Waals surface area contributed by atoms with Crippen molar-refractivity contribution >= 4 is 17.5 Å². The van der Waals surface area contributed by atoms with Crippen LogP contribution < -0.4 is 5.32 Å². The number of carbonyl (C=O) groups is 2. The molecule has 0 aliphatic heterocycles. The molecule has 0 bridgehead atoms. The molecule has 4 rings (SSSR count). The number of nitrogens with zero attached hydrogens (tertiary/aromatic N) is 1. The van der Waals surface area contributed by atoms with E-state index in [4.69, 9.17) is 4.42 Å². The number of nitrogens with one attached hydrogen (secondary N) is 1. The first-order valence-electron chi connectivity index (χ1n) is 10.9. The standard InChI is InChI=1S/C26H27FN2O3/c1-18-9-7-10-19(2)23(18)28-25(31)26(14-5-6-15-26)29(17-20-11-8-16-32-20)24(30)21-12-3-4-13-22(21)27/h3-4,7-13,16H,5-6,14-15,17H2,1-2H3,(H,28,31). The predicted molar refractivity (Wildman–Crippen MR) is 121 cm³/mol. The Morgan fingerprint density at radius 3 is 2.31 bits per heavy atom. The molecule has 1 heterocycles. The second kappa shape index (κ2) is 8.99. The zero-order valence-corrected chi connectivity index (χ0v) is 18.4. The van der Waals surface area contributed by atoms with E-state index in [2.05, 4.69) is 5.32 Å². The summed E-state index contributed by atoms with van der Waals surface area (Å²) in [6, 6.07) is 15.2. The van der Waals surface area contributed by atoms with Gasteiger partial charge in [0.2, 0.25) is 5.91 Å². The smallest absolute Gasteiger partial charge is 0.258 e. The molecule has 0 spiro atoms. The van der Waals surface area contributed by atoms with Crippen molar-refractivity contribution in [2.75, 3.05) is 5.32 Å². The average molecular weight is 435 g/mol. The monoisotopic (exact) mass is 434 g/mol. The Hall–Kier alpha value is -3.41. The molecule has 1 aliphatic rings. The van der Waals surface area contributed by atoms with Crippen LogP contribution in [0, 0.1) is 19.7 Å². The van der Waals surface area contributed by atoms with Gasteiger partial charge in [-0.05, 0) is 62.1 Å². The van der Waals surface area contributed by atoms with E-state index < -0.39 is 17.3 Å². The molecule has 32 heavy (non-hydrogen) atoms. The average Bonchev–Trinajstić information content (AvgIpc) is 3.47. The Kier molecular flexibility index (Phi) is 6.12. The van der Waals surface area contributed by atoms with Crippen LogP contribution in [0.3, 0.4) is 0 Å². The highest BCUT2D eigenvalue weighted by molar-refractivity contribution is 6.04. The number of hydrogen-bond donors (Lipinski definition) is 1. The number of furan rings is 1. The van der Waals surface area contributed by atoms with Crippen LogP contribution in [0.5, 0.6) is 0 Å². The zero-order chi connectivity index (χ0) is 22.7. The first-order valence-corrected chi connectivity index (χ1v) is 10.9. The maximum Gasteiger partial charge on any atom is 0.258 e. The molecule has 2 aromatic carbocycles. The van der Waals surface area contributed by atoms with Crippen LogP contribution in [0.1, 0.15) is 52.9 Å². The van der Waals surface area contributed by atoms with Crippen molar-refractivity contribution in [3.63, 3.8) is 0 Å². The van der Waals surface area contributed by atoms with E-state index in [9.17, 15) is 14.0 Å². The second-order valence-electron chi connectivity index (χ2n) is 8.41. The summed E-state index contributed by atoms with van der Waals surface area (Å²) in [5, 5.41) is 3.09. The minimum Gasteiger partial charge on any atom is -0.467 e. The molecule has 3 aromatic rings. The Bertz CT molecular complexity index is 1100. The van der Waals surface area contributed by atoms with E-state index in [1.54, 1.807) is 24.3 Å². The molecule has 0 radical (unpaired) electrons. The van der Waals surface area contributed by atoms with E-state index in [1.807, 2.05) is 32.0 Å². The van der Waals surface area contributed by atoms with Crippen LogP contribution in [0.4, 0.5) is 10.1 Å². The van der Waals surface area contributed by atoms with Gasteiger partial charge in [0, 0.05) is 5.69 Å². The van der Waals surface area contributed by atoms with Gasteiger partial charge in [0.05, 0.1) is 18.4 Å². The molecular weight excluding hydrogens is 407 g/mol. The molecular formula is C26H27FN2O3. The van der Waals surface area contributed by atoms with Gasteiger partial charge >= 0.3 is 0 Å². The van der Waals surface area contributed by atoms with Gasteiger partial charge in [-0.1, -0.05) is 43.2 Å². The summed E-state index contributed by atoms with van der Waals surface area (Å²) < 4.78 is 20.1. The van der Waals surface area contributed by atoms with Gasteiger partial charge in [0.25, 0.3) is 5.91 Å². The van der Waals surface area contributed by atoms with Gasteiger partial charge in [-0.15, -0.1) is 0 Å². The topological polar surface area (TPSA) is 62.6 Å². The number of benzene rings is 2. The molecule has 2 amide bonds. The van der Waals surface area contributed by atoms with E-state index in [0.717, 1.165) is 29.7 Å². The Labute approximate surface area is 187 Å². The van der Waals surface area contributed by atoms with Crippen LogP contribution in [-0.2, 0) is 11.3 Å². The number of rotatable bonds is 6. The lowest BCUT2D eigenvalue weighted by molar-refractivity contribution is -0.127. The molecule has 1 aliphatic carbocycles. The third kappa shape index (κ3) is 4.05. The van der Waals surface area contributed by atoms with E-state index in [-0.39, 0.29) is 18.0 Å². The van der Waals surface area contributed by atoms with Crippen molar-refractivity contribution in [2.24, 2.45) is 0 Å². The first kappa shape index (κ1) is 21.8. The minimum atomic E-state index is -1.10. The lowest BCUT2D eigenvalue weighted by Gasteiger charge is -2.40. The summed E-state index contributed by atoms with van der Waals surface area (Å²) in [5.74, 6) is -0.826. The van der Waals surface area contributed by atoms with Crippen LogP contribution in [0.2, 0.25) is 0 Å². The van der Waals surface area contributed by atoms with Gasteiger partial charge in [-0.2, -0.15) is 0 Å². The maximum atomic E-state index is 14.6. The summed E-state index contributed by atoms with van der Waals surface area (Å²) in [6.07, 6.45) is 4.15. The lowest BCUT2D eigenvalue weighted by atomic mass is 9.91. The fraction of sp³-hybridized carbons (Fsp3) is 0.308. The maximum absolute atomic E-state index is 14.6. The van der Waals surface area contributed by atoms with Gasteiger partial charge in [0.1, 0.15) is 17.1 Å². The van der Waals surface area contributed by atoms with Crippen LogP contribution in [0.15, 0.2) is 65.3 Å². The molecule has 6 heteroatoms. The summed E-state index contributed by atoms with van der Waals surface area (Å²) in [7, 11) is 0. The van der Waals surface area contributed by atoms with Gasteiger partial charge in [-0.3, -0.25) is 9.59 Å². The first-order chi connectivity index (χ1) is 15.4. The Morgan fingerprint density at radius 2 is 1.69 bits per heavy atom. The van der Waals surface area contributed by atoms with E-state index in [1.165, 1.54) is 23.3 Å². The molecule has 1 saturated carbocycles. The molecule has 0 saturated heterocycles. The molecule has 1 N–H and O–H groups in total. The van der Waals surface area contributed by atoms with Crippen molar-refractivity contribution in [1.29, 1.82) is 0 Å². The van der Waals surface area contributed by atoms with Gasteiger partial charge in [-0.25, -0.2) is 4.39 Å². The second-order valence-corrected chi connectivity index (χ2v) is 8.41. The van der Waals surface area contributed by atoms with E-state index in [0.29, 0.717) is 18.6 Å². The number of carbonyl (C=O) groups excluding carboxylic acids is 2. The van der Waals surface area contributed by atoms with Crippen molar-refractivity contribution in [3.05, 3.63) is 89.1 Å². The quantitative estimate of drug-likeness (QED) is 0.547. The largest absolute Gasteiger partial charge is 0.467 e. The fourth-order valence-corrected chi connectivity index (χ4v) is 4.58. The van der Waals surface area contributed by atoms with Gasteiger partial charge in [0.15, 0.2) is 0 Å². The molecule has 5 nitrogen and oxygen atoms in total. The number of para-hydroxylation sites is 1. The van der Waals surface area contributed by atoms with Crippen molar-refractivity contribution < 1.29 is 18.4 Å². The number of hydrogen-bond acceptors (Lipinski definition) is 3. The third-order valence-corrected chi connectivity index (χ3v) is 6.33. The third-order valence-electron chi connectivity index (χ3n) is 6.33. The number of halogens is 1. The van der Waals surface area contributed by atoms with Crippen LogP contribution >= 0.6 is 0 Å². The summed E-state index contributed by atoms with van der Waals surface area (Å²) in [5.41, 5.74) is 1.50. The highest BCUT2D eigenvalue weighted by Crippen LogP contribution is 2.39. The molecule has 0 unspecified atom stereocenters. The Morgan fingerprint density at radius 1 is 1.00 bits per heavy atom. The number of amides is 2. The molecule has 0 atom stereocenters. The summed E-state index contributed by atoms with van der Waals surface area (Å²) in [6.45, 7) is 3.96. The van der Waals surface area contributed by atoms with E-state index >= 15 is 0 Å². The lowest BCUT2D eigenvalue weighted by Crippen LogP contribution is -2.57. The highest BCUT2D eigenvalue weighted by Gasteiger charge is 2.49. The van der Waals surface area contributed by atoms with Crippen LogP contribution in [-0.4, -0.2) is 22.3 Å². The summed E-state index contributed by atoms with van der Waals surface area (Å²) >= 11 is 0. The van der Waals surface area contributed by atoms with Crippen LogP contribution in [0.25, 0.3) is 0 Å². The number of aryl methyl sites for hydroxylation is 2. The number of anilines is 1. The highest BCUT2D eigenvalue weighted by atomic mass is 19.1. The molecule has 1 aromatic heterocycles. The van der Waals surface area contributed by atoms with Crippen molar-refractivity contribution in [1.82, 2.24) is 4.90 Å². The molecule has 1 fully saturated rings. The van der Waals surface area contributed by atoms with Gasteiger partial charge < -0.3 is 14.6 Å². The Balaban J connectivity index is 1.76. The minimum absolute atomic E-state index is 0.0507. The normalized spacial score (nSPS) is 14.8. The fourth-order valence-electron chi connectivity index (χ4n) is 4.58. The SMILES string of the molecule is Cc1cccc(C)c1NC(=O)C1(N(Cc2ccco2)C(=O)c2ccccc2F)CCCC1. The zero-order valence-electron chi connectivity index (χ0n) is 18.4. The molecule has 166 valence electrons. The van der Waals surface area contributed by atoms with Crippen molar-refractivity contribution in [2.45, 2.75) is 51.6 Å². The predicted octanol–water partition coefficient (Wildman–Crippen LogP) is 5.63. The van der Waals surface area contributed by atoms with Crippen molar-refractivity contribution in [3.8, 4) is 0 Å². The summed E-state index contributed by atoms with van der Waals surface area (Å²) in [4.78, 5) is 28.9.